The highest BCUT2D eigenvalue weighted by molar-refractivity contribution is 5.85. The van der Waals surface area contributed by atoms with E-state index in [2.05, 4.69) is 17.1 Å². The maximum atomic E-state index is 11.9. The van der Waals surface area contributed by atoms with Crippen molar-refractivity contribution < 1.29 is 4.79 Å². The molecule has 1 aromatic carbocycles. The summed E-state index contributed by atoms with van der Waals surface area (Å²) in [7, 11) is 0. The topological polar surface area (TPSA) is 58.4 Å². The molecule has 1 amide bonds. The number of carbonyl (C=O) groups excluding carboxylic acids is 1. The predicted octanol–water partition coefficient (Wildman–Crippen LogP) is 2.77. The number of halogens is 2. The highest BCUT2D eigenvalue weighted by atomic mass is 35.5. The number of likely N-dealkylation sites (tertiary alicyclic amines) is 1. The van der Waals surface area contributed by atoms with E-state index in [0.717, 1.165) is 31.1 Å². The number of carbonyl (C=O) groups is 1. The van der Waals surface area contributed by atoms with Crippen LogP contribution in [0.5, 0.6) is 0 Å². The van der Waals surface area contributed by atoms with E-state index < -0.39 is 0 Å². The Bertz CT molecular complexity index is 437. The van der Waals surface area contributed by atoms with Crippen LogP contribution in [0, 0.1) is 5.92 Å². The van der Waals surface area contributed by atoms with Gasteiger partial charge in [0.25, 0.3) is 0 Å². The molecule has 23 heavy (non-hydrogen) atoms. The van der Waals surface area contributed by atoms with Gasteiger partial charge < -0.3 is 16.0 Å². The van der Waals surface area contributed by atoms with Gasteiger partial charge in [-0.05, 0) is 37.4 Å². The normalized spacial score (nSPS) is 16.8. The fourth-order valence-corrected chi connectivity index (χ4v) is 2.73. The Balaban J connectivity index is 0.00000242. The summed E-state index contributed by atoms with van der Waals surface area (Å²) in [6.45, 7) is 6.28. The molecule has 0 spiro atoms. The van der Waals surface area contributed by atoms with E-state index in [1.54, 1.807) is 0 Å². The average molecular weight is 362 g/mol. The largest absolute Gasteiger partial charge is 0.355 e. The Morgan fingerprint density at radius 3 is 2.48 bits per heavy atom. The molecule has 6 heteroatoms. The van der Waals surface area contributed by atoms with Crippen molar-refractivity contribution in [3.63, 3.8) is 0 Å². The van der Waals surface area contributed by atoms with E-state index >= 15 is 0 Å². The monoisotopic (exact) mass is 361 g/mol. The summed E-state index contributed by atoms with van der Waals surface area (Å²) in [5.74, 6) is 0.886. The molecule has 0 bridgehead atoms. The van der Waals surface area contributed by atoms with Crippen molar-refractivity contribution in [3.8, 4) is 0 Å². The van der Waals surface area contributed by atoms with Gasteiger partial charge in [0.15, 0.2) is 0 Å². The fourth-order valence-electron chi connectivity index (χ4n) is 2.73. The van der Waals surface area contributed by atoms with E-state index in [1.807, 2.05) is 30.3 Å². The molecule has 0 aliphatic carbocycles. The molecule has 1 unspecified atom stereocenters. The molecule has 0 aromatic heterocycles. The van der Waals surface area contributed by atoms with Crippen molar-refractivity contribution >= 4 is 30.7 Å². The molecule has 2 rings (SSSR count). The van der Waals surface area contributed by atoms with Gasteiger partial charge in [0, 0.05) is 25.6 Å². The van der Waals surface area contributed by atoms with Gasteiger partial charge >= 0.3 is 0 Å². The van der Waals surface area contributed by atoms with E-state index in [4.69, 9.17) is 5.73 Å². The van der Waals surface area contributed by atoms with Crippen molar-refractivity contribution in [1.29, 1.82) is 0 Å². The Hall–Kier alpha value is -0.810. The number of nitrogens with one attached hydrogen (secondary N) is 1. The number of benzene rings is 1. The third-order valence-electron chi connectivity index (χ3n) is 4.26. The minimum atomic E-state index is -0.220. The van der Waals surface area contributed by atoms with Crippen LogP contribution in [0.2, 0.25) is 0 Å². The molecular formula is C17H29Cl2N3O. The molecular weight excluding hydrogens is 333 g/mol. The molecule has 1 aliphatic heterocycles. The van der Waals surface area contributed by atoms with Crippen molar-refractivity contribution in [3.05, 3.63) is 35.9 Å². The highest BCUT2D eigenvalue weighted by Crippen LogP contribution is 2.15. The molecule has 1 atom stereocenters. The van der Waals surface area contributed by atoms with Crippen LogP contribution in [0.25, 0.3) is 0 Å². The number of amides is 1. The summed E-state index contributed by atoms with van der Waals surface area (Å²) in [5, 5.41) is 2.98. The smallest absolute Gasteiger partial charge is 0.221 e. The Morgan fingerprint density at radius 2 is 1.87 bits per heavy atom. The fraction of sp³-hybridized carbons (Fsp3) is 0.588. The predicted molar refractivity (Wildman–Crippen MR) is 100 cm³/mol. The van der Waals surface area contributed by atoms with Crippen LogP contribution in [0.4, 0.5) is 0 Å². The van der Waals surface area contributed by atoms with Crippen molar-refractivity contribution in [2.24, 2.45) is 11.7 Å². The molecule has 1 aromatic rings. The molecule has 1 aliphatic rings. The van der Waals surface area contributed by atoms with Crippen LogP contribution in [0.15, 0.2) is 30.3 Å². The first-order chi connectivity index (χ1) is 10.1. The van der Waals surface area contributed by atoms with Crippen LogP contribution >= 0.6 is 24.8 Å². The zero-order valence-corrected chi connectivity index (χ0v) is 15.4. The van der Waals surface area contributed by atoms with E-state index in [9.17, 15) is 4.79 Å². The van der Waals surface area contributed by atoms with Crippen LogP contribution in [-0.2, 0) is 4.79 Å². The summed E-state index contributed by atoms with van der Waals surface area (Å²) < 4.78 is 0. The van der Waals surface area contributed by atoms with Gasteiger partial charge in [0.05, 0.1) is 0 Å². The van der Waals surface area contributed by atoms with Crippen LogP contribution < -0.4 is 11.1 Å². The molecule has 1 fully saturated rings. The lowest BCUT2D eigenvalue weighted by atomic mass is 9.99. The average Bonchev–Trinajstić information content (AvgIpc) is 2.50. The lowest BCUT2D eigenvalue weighted by molar-refractivity contribution is -0.121. The van der Waals surface area contributed by atoms with Crippen molar-refractivity contribution in [2.75, 3.05) is 26.2 Å². The summed E-state index contributed by atoms with van der Waals surface area (Å²) in [6.07, 6.45) is 2.89. The lowest BCUT2D eigenvalue weighted by Crippen LogP contribution is -2.39. The maximum Gasteiger partial charge on any atom is 0.221 e. The molecule has 3 N–H and O–H groups in total. The lowest BCUT2D eigenvalue weighted by Gasteiger charge is -2.30. The first-order valence-electron chi connectivity index (χ1n) is 7.94. The number of nitrogens with zero attached hydrogens (tertiary/aromatic N) is 1. The first-order valence-corrected chi connectivity index (χ1v) is 7.94. The molecule has 0 radical (unpaired) electrons. The van der Waals surface area contributed by atoms with Gasteiger partial charge in [-0.15, -0.1) is 24.8 Å². The Labute approximate surface area is 152 Å². The number of nitrogens with two attached hydrogens (primary N) is 1. The minimum absolute atomic E-state index is 0. The summed E-state index contributed by atoms with van der Waals surface area (Å²) >= 11 is 0. The number of hydrogen-bond donors (Lipinski definition) is 2. The standard InChI is InChI=1S/C17H27N3O.2ClH/c1-14-7-10-20(11-8-14)12-9-19-17(21)13-16(18)15-5-3-2-4-6-15;;/h2-6,14,16H,7-13,18H2,1H3,(H,19,21);2*1H. The number of piperidine rings is 1. The van der Waals surface area contributed by atoms with E-state index in [0.29, 0.717) is 13.0 Å². The SMILES string of the molecule is CC1CCN(CCNC(=O)CC(N)c2ccccc2)CC1.Cl.Cl. The zero-order chi connectivity index (χ0) is 15.1. The highest BCUT2D eigenvalue weighted by Gasteiger charge is 2.16. The van der Waals surface area contributed by atoms with Gasteiger partial charge in [0.2, 0.25) is 5.91 Å². The Kier molecular flexibility index (Phi) is 11.3. The first kappa shape index (κ1) is 22.2. The second-order valence-corrected chi connectivity index (χ2v) is 6.10. The quantitative estimate of drug-likeness (QED) is 0.818. The zero-order valence-electron chi connectivity index (χ0n) is 13.7. The summed E-state index contributed by atoms with van der Waals surface area (Å²) in [6, 6.07) is 9.56. The van der Waals surface area contributed by atoms with Gasteiger partial charge in [-0.2, -0.15) is 0 Å². The number of rotatable bonds is 6. The van der Waals surface area contributed by atoms with Gasteiger partial charge in [-0.3, -0.25) is 4.79 Å². The van der Waals surface area contributed by atoms with Gasteiger partial charge in [-0.25, -0.2) is 0 Å². The van der Waals surface area contributed by atoms with Crippen molar-refractivity contribution in [2.45, 2.75) is 32.2 Å². The second-order valence-electron chi connectivity index (χ2n) is 6.10. The molecule has 1 heterocycles. The Morgan fingerprint density at radius 1 is 1.26 bits per heavy atom. The molecule has 132 valence electrons. The van der Waals surface area contributed by atoms with E-state index in [-0.39, 0.29) is 36.8 Å². The van der Waals surface area contributed by atoms with Gasteiger partial charge in [0.1, 0.15) is 0 Å². The molecule has 1 saturated heterocycles. The van der Waals surface area contributed by atoms with Crippen LogP contribution in [0.3, 0.4) is 0 Å². The molecule has 4 nitrogen and oxygen atoms in total. The maximum absolute atomic E-state index is 11.9. The number of hydrogen-bond acceptors (Lipinski definition) is 3. The summed E-state index contributed by atoms with van der Waals surface area (Å²) in [4.78, 5) is 14.3. The van der Waals surface area contributed by atoms with Gasteiger partial charge in [-0.1, -0.05) is 37.3 Å². The van der Waals surface area contributed by atoms with Crippen LogP contribution in [0.1, 0.15) is 37.8 Å². The second kappa shape index (κ2) is 11.7. The van der Waals surface area contributed by atoms with Crippen LogP contribution in [-0.4, -0.2) is 37.0 Å². The van der Waals surface area contributed by atoms with Crippen molar-refractivity contribution in [1.82, 2.24) is 10.2 Å². The third kappa shape index (κ3) is 8.02. The van der Waals surface area contributed by atoms with E-state index in [1.165, 1.54) is 12.8 Å². The minimum Gasteiger partial charge on any atom is -0.355 e. The molecule has 0 saturated carbocycles. The summed E-state index contributed by atoms with van der Waals surface area (Å²) in [5.41, 5.74) is 7.07. The third-order valence-corrected chi connectivity index (χ3v) is 4.26.